The maximum absolute atomic E-state index is 12.3. The van der Waals surface area contributed by atoms with Gasteiger partial charge in [-0.1, -0.05) is 38.1 Å². The Hall–Kier alpha value is -1.03. The molecular formula is C14H20F3N. The zero-order valence-corrected chi connectivity index (χ0v) is 10.8. The van der Waals surface area contributed by atoms with Crippen molar-refractivity contribution in [2.75, 3.05) is 6.54 Å². The van der Waals surface area contributed by atoms with E-state index in [4.69, 9.17) is 0 Å². The maximum Gasteiger partial charge on any atom is 0.389 e. The van der Waals surface area contributed by atoms with Gasteiger partial charge in [0.25, 0.3) is 0 Å². The minimum Gasteiger partial charge on any atom is -0.310 e. The summed E-state index contributed by atoms with van der Waals surface area (Å²) in [6.45, 7) is 4.60. The topological polar surface area (TPSA) is 12.0 Å². The van der Waals surface area contributed by atoms with Gasteiger partial charge in [-0.2, -0.15) is 13.2 Å². The number of benzene rings is 1. The van der Waals surface area contributed by atoms with E-state index in [2.05, 4.69) is 5.32 Å². The van der Waals surface area contributed by atoms with Crippen LogP contribution in [0.25, 0.3) is 0 Å². The van der Waals surface area contributed by atoms with Crippen molar-refractivity contribution in [1.82, 2.24) is 5.32 Å². The van der Waals surface area contributed by atoms with Gasteiger partial charge in [0.1, 0.15) is 0 Å². The van der Waals surface area contributed by atoms with Crippen LogP contribution in [0.3, 0.4) is 0 Å². The van der Waals surface area contributed by atoms with Gasteiger partial charge >= 0.3 is 6.18 Å². The first-order chi connectivity index (χ1) is 8.48. The Kier molecular flexibility index (Phi) is 5.66. The minimum atomic E-state index is -4.09. The molecule has 1 nitrogen and oxygen atoms in total. The summed E-state index contributed by atoms with van der Waals surface area (Å²) in [6.07, 6.45) is -3.91. The molecular weight excluding hydrogens is 239 g/mol. The summed E-state index contributed by atoms with van der Waals surface area (Å²) in [5.74, 6) is 0. The van der Waals surface area contributed by atoms with Crippen LogP contribution in [0.4, 0.5) is 13.2 Å². The van der Waals surface area contributed by atoms with Gasteiger partial charge in [0.05, 0.1) is 0 Å². The third-order valence-electron chi connectivity index (χ3n) is 2.98. The van der Waals surface area contributed by atoms with Crippen LogP contribution < -0.4 is 5.32 Å². The number of aryl methyl sites for hydroxylation is 1. The van der Waals surface area contributed by atoms with Crippen molar-refractivity contribution in [3.63, 3.8) is 0 Å². The molecule has 1 aromatic carbocycles. The summed E-state index contributed by atoms with van der Waals surface area (Å²) in [5, 5.41) is 3.15. The number of rotatable bonds is 6. The van der Waals surface area contributed by atoms with E-state index in [9.17, 15) is 13.2 Å². The summed E-state index contributed by atoms with van der Waals surface area (Å²) in [4.78, 5) is 0. The van der Waals surface area contributed by atoms with Gasteiger partial charge in [-0.05, 0) is 30.5 Å². The van der Waals surface area contributed by atoms with Crippen LogP contribution in [-0.2, 0) is 6.42 Å². The summed E-state index contributed by atoms with van der Waals surface area (Å²) >= 11 is 0. The molecule has 0 amide bonds. The van der Waals surface area contributed by atoms with Crippen LogP contribution >= 0.6 is 0 Å². The van der Waals surface area contributed by atoms with Crippen LogP contribution in [0.5, 0.6) is 0 Å². The van der Waals surface area contributed by atoms with Gasteiger partial charge in [0.15, 0.2) is 0 Å². The summed E-state index contributed by atoms with van der Waals surface area (Å²) in [6, 6.07) is 7.49. The van der Waals surface area contributed by atoms with E-state index >= 15 is 0 Å². The highest BCUT2D eigenvalue weighted by Crippen LogP contribution is 2.29. The molecule has 18 heavy (non-hydrogen) atoms. The summed E-state index contributed by atoms with van der Waals surface area (Å²) in [5.41, 5.74) is 2.11. The molecule has 1 atom stereocenters. The smallest absolute Gasteiger partial charge is 0.310 e. The second-order valence-corrected chi connectivity index (χ2v) is 4.32. The van der Waals surface area contributed by atoms with Crippen LogP contribution in [0.15, 0.2) is 24.3 Å². The van der Waals surface area contributed by atoms with Crippen molar-refractivity contribution in [2.45, 2.75) is 45.3 Å². The first-order valence-electron chi connectivity index (χ1n) is 6.35. The molecule has 0 aromatic heterocycles. The first-order valence-corrected chi connectivity index (χ1v) is 6.35. The fourth-order valence-electron chi connectivity index (χ4n) is 2.12. The molecule has 0 heterocycles. The van der Waals surface area contributed by atoms with Crippen LogP contribution in [0.2, 0.25) is 0 Å². The van der Waals surface area contributed by atoms with E-state index in [1.807, 2.05) is 38.1 Å². The average molecular weight is 259 g/mol. The molecule has 102 valence electrons. The Morgan fingerprint density at radius 3 is 2.39 bits per heavy atom. The molecule has 0 bridgehead atoms. The summed E-state index contributed by atoms with van der Waals surface area (Å²) in [7, 11) is 0. The summed E-state index contributed by atoms with van der Waals surface area (Å²) < 4.78 is 37.0. The number of alkyl halides is 3. The third kappa shape index (κ3) is 4.69. The van der Waals surface area contributed by atoms with Crippen molar-refractivity contribution in [2.24, 2.45) is 0 Å². The van der Waals surface area contributed by atoms with Crippen LogP contribution in [0, 0.1) is 0 Å². The van der Waals surface area contributed by atoms with Crippen LogP contribution in [-0.4, -0.2) is 12.7 Å². The number of hydrogen-bond acceptors (Lipinski definition) is 1. The number of nitrogens with one attached hydrogen (secondary N) is 1. The predicted molar refractivity (Wildman–Crippen MR) is 67.5 cm³/mol. The van der Waals surface area contributed by atoms with Gasteiger partial charge in [0.2, 0.25) is 0 Å². The molecule has 0 aliphatic rings. The molecule has 4 heteroatoms. The van der Waals surface area contributed by atoms with Gasteiger partial charge in [-0.25, -0.2) is 0 Å². The molecule has 1 N–H and O–H groups in total. The van der Waals surface area contributed by atoms with Crippen LogP contribution in [0.1, 0.15) is 43.9 Å². The SMILES string of the molecule is CCNC(CCC(F)(F)F)c1ccccc1CC. The molecule has 1 unspecified atom stereocenters. The standard InChI is InChI=1S/C14H20F3N/c1-3-11-7-5-6-8-12(11)13(18-4-2)9-10-14(15,16)17/h5-8,13,18H,3-4,9-10H2,1-2H3. The van der Waals surface area contributed by atoms with E-state index in [0.29, 0.717) is 6.54 Å². The van der Waals surface area contributed by atoms with Crippen molar-refractivity contribution in [1.29, 1.82) is 0 Å². The molecule has 0 saturated heterocycles. The minimum absolute atomic E-state index is 0.0916. The fourth-order valence-corrected chi connectivity index (χ4v) is 2.12. The lowest BCUT2D eigenvalue weighted by Gasteiger charge is -2.21. The lowest BCUT2D eigenvalue weighted by atomic mass is 9.95. The predicted octanol–water partition coefficient (Wildman–Crippen LogP) is 4.24. The second kappa shape index (κ2) is 6.78. The Bertz CT molecular complexity index is 360. The Morgan fingerprint density at radius 1 is 1.17 bits per heavy atom. The quantitative estimate of drug-likeness (QED) is 0.805. The Balaban J connectivity index is 2.83. The normalized spacial score (nSPS) is 13.6. The lowest BCUT2D eigenvalue weighted by Crippen LogP contribution is -2.24. The molecule has 0 aliphatic heterocycles. The maximum atomic E-state index is 12.3. The van der Waals surface area contributed by atoms with Gasteiger partial charge in [-0.15, -0.1) is 0 Å². The van der Waals surface area contributed by atoms with Crippen molar-refractivity contribution in [3.8, 4) is 0 Å². The highest BCUT2D eigenvalue weighted by Gasteiger charge is 2.28. The third-order valence-corrected chi connectivity index (χ3v) is 2.98. The van der Waals surface area contributed by atoms with Gasteiger partial charge in [0, 0.05) is 12.5 Å². The molecule has 1 aromatic rings. The van der Waals surface area contributed by atoms with Crippen molar-refractivity contribution >= 4 is 0 Å². The lowest BCUT2D eigenvalue weighted by molar-refractivity contribution is -0.136. The van der Waals surface area contributed by atoms with E-state index in [0.717, 1.165) is 17.5 Å². The van der Waals surface area contributed by atoms with E-state index in [1.165, 1.54) is 0 Å². The molecule has 1 rings (SSSR count). The molecule has 0 saturated carbocycles. The highest BCUT2D eigenvalue weighted by atomic mass is 19.4. The molecule has 0 radical (unpaired) electrons. The molecule has 0 spiro atoms. The number of hydrogen-bond donors (Lipinski definition) is 1. The Morgan fingerprint density at radius 2 is 1.83 bits per heavy atom. The van der Waals surface area contributed by atoms with E-state index in [1.54, 1.807) is 0 Å². The average Bonchev–Trinajstić information content (AvgIpc) is 2.33. The highest BCUT2D eigenvalue weighted by molar-refractivity contribution is 5.30. The largest absolute Gasteiger partial charge is 0.389 e. The first kappa shape index (κ1) is 15.0. The van der Waals surface area contributed by atoms with Gasteiger partial charge in [-0.3, -0.25) is 0 Å². The molecule has 0 fully saturated rings. The van der Waals surface area contributed by atoms with Crippen molar-refractivity contribution < 1.29 is 13.2 Å². The van der Waals surface area contributed by atoms with E-state index in [-0.39, 0.29) is 12.5 Å². The zero-order valence-electron chi connectivity index (χ0n) is 10.8. The monoisotopic (exact) mass is 259 g/mol. The van der Waals surface area contributed by atoms with Crippen molar-refractivity contribution in [3.05, 3.63) is 35.4 Å². The van der Waals surface area contributed by atoms with E-state index < -0.39 is 12.6 Å². The molecule has 0 aliphatic carbocycles. The Labute approximate surface area is 106 Å². The fraction of sp³-hybridized carbons (Fsp3) is 0.571. The van der Waals surface area contributed by atoms with Gasteiger partial charge < -0.3 is 5.32 Å². The number of halogens is 3. The zero-order chi connectivity index (χ0) is 13.6. The second-order valence-electron chi connectivity index (χ2n) is 4.32.